The molecule has 4 aliphatic rings. The fourth-order valence-corrected chi connectivity index (χ4v) is 6.74. The summed E-state index contributed by atoms with van der Waals surface area (Å²) in [5.74, 6) is 0.346. The molecule has 2 aromatic carbocycles. The summed E-state index contributed by atoms with van der Waals surface area (Å²) in [7, 11) is 0. The first-order valence-corrected chi connectivity index (χ1v) is 13.7. The van der Waals surface area contributed by atoms with Gasteiger partial charge in [-0.2, -0.15) is 0 Å². The lowest BCUT2D eigenvalue weighted by Crippen LogP contribution is -2.46. The smallest absolute Gasteiger partial charge is 0.254 e. The molecule has 0 radical (unpaired) electrons. The van der Waals surface area contributed by atoms with Gasteiger partial charge >= 0.3 is 0 Å². The van der Waals surface area contributed by atoms with Crippen LogP contribution in [0.3, 0.4) is 0 Å². The fraction of sp³-hybridized carbons (Fsp3) is 0.533. The van der Waals surface area contributed by atoms with Gasteiger partial charge in [0.05, 0.1) is 0 Å². The summed E-state index contributed by atoms with van der Waals surface area (Å²) in [6, 6.07) is 15.3. The average Bonchev–Trinajstić information content (AvgIpc) is 3.62. The number of carbonyl (C=O) groups excluding carboxylic acids is 2. The first-order chi connectivity index (χ1) is 17.2. The van der Waals surface area contributed by atoms with Crippen LogP contribution in [0.2, 0.25) is 0 Å². The van der Waals surface area contributed by atoms with Gasteiger partial charge in [0.1, 0.15) is 0 Å². The van der Waals surface area contributed by atoms with Crippen molar-refractivity contribution in [1.82, 2.24) is 14.7 Å². The molecule has 3 aliphatic heterocycles. The highest BCUT2D eigenvalue weighted by atomic mass is 16.2. The lowest BCUT2D eigenvalue weighted by Gasteiger charge is -2.35. The molecule has 184 valence electrons. The minimum absolute atomic E-state index is 0.138. The second kappa shape index (κ2) is 9.77. The summed E-state index contributed by atoms with van der Waals surface area (Å²) in [6.07, 6.45) is 11.0. The maximum atomic E-state index is 13.4. The largest absolute Gasteiger partial charge is 0.339 e. The lowest BCUT2D eigenvalue weighted by atomic mass is 9.93. The van der Waals surface area contributed by atoms with Crippen LogP contribution in [0.4, 0.5) is 0 Å². The molecule has 2 aromatic rings. The van der Waals surface area contributed by atoms with Crippen molar-refractivity contribution in [3.05, 3.63) is 59.2 Å². The summed E-state index contributed by atoms with van der Waals surface area (Å²) in [5, 5.41) is 0. The standard InChI is InChI=1S/C30H37N3O2/c34-29(31-16-4-5-17-31)23-10-8-22(9-11-23)24-12-13-28-25(20-24)14-19-33(30(28)35)27-15-18-32(21-27)26-6-2-1-3-7-26/h8-13,20,26-27H,1-7,14-19,21H2/t27-/m1/s1. The highest BCUT2D eigenvalue weighted by Gasteiger charge is 2.36. The molecule has 1 aliphatic carbocycles. The van der Waals surface area contributed by atoms with Crippen molar-refractivity contribution in [2.24, 2.45) is 0 Å². The van der Waals surface area contributed by atoms with Crippen LogP contribution >= 0.6 is 0 Å². The molecule has 1 saturated carbocycles. The minimum Gasteiger partial charge on any atom is -0.339 e. The minimum atomic E-state index is 0.138. The first-order valence-electron chi connectivity index (χ1n) is 13.7. The van der Waals surface area contributed by atoms with Gasteiger partial charge in [-0.15, -0.1) is 0 Å². The van der Waals surface area contributed by atoms with E-state index in [0.717, 1.165) is 92.3 Å². The molecule has 0 aromatic heterocycles. The van der Waals surface area contributed by atoms with Gasteiger partial charge < -0.3 is 9.80 Å². The van der Waals surface area contributed by atoms with Crippen LogP contribution in [0.25, 0.3) is 11.1 Å². The average molecular weight is 472 g/mol. The Morgan fingerprint density at radius 3 is 2.26 bits per heavy atom. The first kappa shape index (κ1) is 22.8. The Balaban J connectivity index is 1.13. The normalized spacial score (nSPS) is 23.7. The zero-order valence-corrected chi connectivity index (χ0v) is 20.8. The van der Waals surface area contributed by atoms with Crippen LogP contribution < -0.4 is 0 Å². The van der Waals surface area contributed by atoms with Gasteiger partial charge in [0.25, 0.3) is 11.8 Å². The number of benzene rings is 2. The van der Waals surface area contributed by atoms with E-state index in [1.165, 1.54) is 32.1 Å². The molecular formula is C30H37N3O2. The van der Waals surface area contributed by atoms with Gasteiger partial charge in [0, 0.05) is 55.9 Å². The Labute approximate surface area is 209 Å². The third kappa shape index (κ3) is 4.51. The van der Waals surface area contributed by atoms with E-state index in [0.29, 0.717) is 6.04 Å². The molecule has 0 N–H and O–H groups in total. The van der Waals surface area contributed by atoms with E-state index < -0.39 is 0 Å². The molecular weight excluding hydrogens is 434 g/mol. The van der Waals surface area contributed by atoms with E-state index in [1.54, 1.807) is 0 Å². The van der Waals surface area contributed by atoms with E-state index in [-0.39, 0.29) is 11.8 Å². The predicted molar refractivity (Wildman–Crippen MR) is 139 cm³/mol. The zero-order chi connectivity index (χ0) is 23.8. The van der Waals surface area contributed by atoms with E-state index in [1.807, 2.05) is 35.2 Å². The van der Waals surface area contributed by atoms with Crippen LogP contribution in [0.5, 0.6) is 0 Å². The second-order valence-corrected chi connectivity index (χ2v) is 10.9. The molecule has 6 rings (SSSR count). The van der Waals surface area contributed by atoms with Gasteiger partial charge in [0.2, 0.25) is 0 Å². The molecule has 0 unspecified atom stereocenters. The highest BCUT2D eigenvalue weighted by Crippen LogP contribution is 2.31. The maximum Gasteiger partial charge on any atom is 0.254 e. The Kier molecular flexibility index (Phi) is 6.36. The second-order valence-electron chi connectivity index (χ2n) is 10.9. The van der Waals surface area contributed by atoms with Crippen LogP contribution in [0.1, 0.15) is 77.6 Å². The molecule has 5 heteroatoms. The van der Waals surface area contributed by atoms with E-state index in [2.05, 4.69) is 21.9 Å². The summed E-state index contributed by atoms with van der Waals surface area (Å²) in [5.41, 5.74) is 5.01. The van der Waals surface area contributed by atoms with Crippen molar-refractivity contribution in [3.8, 4) is 11.1 Å². The Morgan fingerprint density at radius 2 is 1.49 bits per heavy atom. The third-order valence-electron chi connectivity index (χ3n) is 8.80. The number of fused-ring (bicyclic) bond motifs is 1. The molecule has 0 spiro atoms. The molecule has 35 heavy (non-hydrogen) atoms. The van der Waals surface area contributed by atoms with E-state index >= 15 is 0 Å². The van der Waals surface area contributed by atoms with E-state index in [9.17, 15) is 9.59 Å². The Bertz CT molecular complexity index is 1080. The molecule has 3 fully saturated rings. The van der Waals surface area contributed by atoms with Crippen molar-refractivity contribution in [2.75, 3.05) is 32.7 Å². The summed E-state index contributed by atoms with van der Waals surface area (Å²) in [4.78, 5) is 32.9. The molecule has 5 nitrogen and oxygen atoms in total. The molecule has 3 heterocycles. The molecule has 1 atom stereocenters. The van der Waals surface area contributed by atoms with Gasteiger partial charge in [-0.25, -0.2) is 0 Å². The quantitative estimate of drug-likeness (QED) is 0.631. The molecule has 2 saturated heterocycles. The highest BCUT2D eigenvalue weighted by molar-refractivity contribution is 5.98. The number of amides is 2. The summed E-state index contributed by atoms with van der Waals surface area (Å²) in [6.45, 7) is 4.75. The lowest BCUT2D eigenvalue weighted by molar-refractivity contribution is 0.0653. The maximum absolute atomic E-state index is 13.4. The Morgan fingerprint density at radius 1 is 0.743 bits per heavy atom. The monoisotopic (exact) mass is 471 g/mol. The van der Waals surface area contributed by atoms with Crippen LogP contribution in [0.15, 0.2) is 42.5 Å². The molecule has 2 amide bonds. The molecule has 0 bridgehead atoms. The third-order valence-corrected chi connectivity index (χ3v) is 8.80. The number of rotatable bonds is 4. The van der Waals surface area contributed by atoms with Crippen molar-refractivity contribution in [1.29, 1.82) is 0 Å². The van der Waals surface area contributed by atoms with Crippen LogP contribution in [0, 0.1) is 0 Å². The van der Waals surface area contributed by atoms with Crippen molar-refractivity contribution >= 4 is 11.8 Å². The van der Waals surface area contributed by atoms with Crippen LogP contribution in [-0.2, 0) is 6.42 Å². The van der Waals surface area contributed by atoms with Crippen molar-refractivity contribution < 1.29 is 9.59 Å². The SMILES string of the molecule is O=C(c1ccc(-c2ccc3c(c2)CCN([C@@H]2CCN(C4CCCCC4)C2)C3=O)cc1)N1CCCC1. The van der Waals surface area contributed by atoms with Gasteiger partial charge in [-0.3, -0.25) is 14.5 Å². The predicted octanol–water partition coefficient (Wildman–Crippen LogP) is 4.99. The van der Waals surface area contributed by atoms with Crippen molar-refractivity contribution in [3.63, 3.8) is 0 Å². The van der Waals surface area contributed by atoms with Crippen LogP contribution in [-0.4, -0.2) is 71.3 Å². The number of hydrogen-bond donors (Lipinski definition) is 0. The van der Waals surface area contributed by atoms with Crippen molar-refractivity contribution in [2.45, 2.75) is 69.9 Å². The fourth-order valence-electron chi connectivity index (χ4n) is 6.74. The Hall–Kier alpha value is -2.66. The van der Waals surface area contributed by atoms with Gasteiger partial charge in [-0.1, -0.05) is 43.5 Å². The van der Waals surface area contributed by atoms with Gasteiger partial charge in [-0.05, 0) is 73.4 Å². The van der Waals surface area contributed by atoms with E-state index in [4.69, 9.17) is 0 Å². The number of nitrogens with zero attached hydrogens (tertiary/aromatic N) is 3. The number of hydrogen-bond acceptors (Lipinski definition) is 3. The number of likely N-dealkylation sites (tertiary alicyclic amines) is 2. The summed E-state index contributed by atoms with van der Waals surface area (Å²) >= 11 is 0. The number of carbonyl (C=O) groups is 2. The summed E-state index contributed by atoms with van der Waals surface area (Å²) < 4.78 is 0. The zero-order valence-electron chi connectivity index (χ0n) is 20.8. The van der Waals surface area contributed by atoms with Gasteiger partial charge in [0.15, 0.2) is 0 Å². The topological polar surface area (TPSA) is 43.9 Å².